The summed E-state index contributed by atoms with van der Waals surface area (Å²) in [7, 11) is 0. The summed E-state index contributed by atoms with van der Waals surface area (Å²) in [5.74, 6) is 1.04. The number of benzene rings is 1. The lowest BCUT2D eigenvalue weighted by molar-refractivity contribution is 0.101. The molecule has 0 fully saturated rings. The molecule has 0 amide bonds. The predicted molar refractivity (Wildman–Crippen MR) is 62.0 cm³/mol. The SMILES string of the molecule is C=C(C)CSc1ccc(C(C)=O)cc1. The lowest BCUT2D eigenvalue weighted by Crippen LogP contribution is -1.90. The summed E-state index contributed by atoms with van der Waals surface area (Å²) in [5.41, 5.74) is 1.93. The molecule has 0 aliphatic heterocycles. The summed E-state index contributed by atoms with van der Waals surface area (Å²) in [6.07, 6.45) is 0. The van der Waals surface area contributed by atoms with Crippen molar-refractivity contribution in [3.05, 3.63) is 42.0 Å². The smallest absolute Gasteiger partial charge is 0.159 e. The number of thioether (sulfide) groups is 1. The third-order valence-electron chi connectivity index (χ3n) is 1.75. The normalized spacial score (nSPS) is 9.86. The summed E-state index contributed by atoms with van der Waals surface area (Å²) in [5, 5.41) is 0. The van der Waals surface area contributed by atoms with Crippen molar-refractivity contribution in [1.82, 2.24) is 0 Å². The van der Waals surface area contributed by atoms with E-state index < -0.39 is 0 Å². The van der Waals surface area contributed by atoms with Gasteiger partial charge in [0.15, 0.2) is 5.78 Å². The molecule has 0 aliphatic carbocycles. The Kier molecular flexibility index (Phi) is 3.96. The van der Waals surface area contributed by atoms with E-state index in [2.05, 4.69) is 6.58 Å². The molecule has 74 valence electrons. The topological polar surface area (TPSA) is 17.1 Å². The van der Waals surface area contributed by atoms with Crippen molar-refractivity contribution in [2.75, 3.05) is 5.75 Å². The Bertz CT molecular complexity index is 338. The summed E-state index contributed by atoms with van der Waals surface area (Å²) in [4.78, 5) is 12.2. The molecular weight excluding hydrogens is 192 g/mol. The molecule has 1 rings (SSSR count). The van der Waals surface area contributed by atoms with E-state index in [-0.39, 0.29) is 5.78 Å². The molecule has 0 atom stereocenters. The van der Waals surface area contributed by atoms with Gasteiger partial charge in [-0.05, 0) is 26.0 Å². The number of carbonyl (C=O) groups is 1. The molecule has 0 heterocycles. The number of rotatable bonds is 4. The number of Topliss-reactive ketones (excluding diaryl/α,β-unsaturated/α-hetero) is 1. The zero-order chi connectivity index (χ0) is 10.6. The van der Waals surface area contributed by atoms with Crippen molar-refractivity contribution in [2.45, 2.75) is 18.7 Å². The maximum Gasteiger partial charge on any atom is 0.159 e. The van der Waals surface area contributed by atoms with Crippen LogP contribution in [0.15, 0.2) is 41.3 Å². The lowest BCUT2D eigenvalue weighted by Gasteiger charge is -2.01. The third-order valence-corrected chi connectivity index (χ3v) is 2.99. The Morgan fingerprint density at radius 2 is 1.86 bits per heavy atom. The molecule has 0 radical (unpaired) electrons. The van der Waals surface area contributed by atoms with Crippen molar-refractivity contribution in [3.8, 4) is 0 Å². The molecule has 14 heavy (non-hydrogen) atoms. The molecular formula is C12H14OS. The Balaban J connectivity index is 2.64. The van der Waals surface area contributed by atoms with Crippen LogP contribution >= 0.6 is 11.8 Å². The van der Waals surface area contributed by atoms with E-state index >= 15 is 0 Å². The monoisotopic (exact) mass is 206 g/mol. The minimum absolute atomic E-state index is 0.112. The first-order chi connectivity index (χ1) is 6.59. The summed E-state index contributed by atoms with van der Waals surface area (Å²) in [6.45, 7) is 7.43. The van der Waals surface area contributed by atoms with Crippen LogP contribution in [0.4, 0.5) is 0 Å². The Hall–Kier alpha value is -1.02. The average molecular weight is 206 g/mol. The predicted octanol–water partition coefficient (Wildman–Crippen LogP) is 3.56. The van der Waals surface area contributed by atoms with Gasteiger partial charge >= 0.3 is 0 Å². The molecule has 1 nitrogen and oxygen atoms in total. The Morgan fingerprint density at radius 1 is 1.29 bits per heavy atom. The van der Waals surface area contributed by atoms with Crippen LogP contribution in [-0.4, -0.2) is 11.5 Å². The van der Waals surface area contributed by atoms with Crippen LogP contribution in [0.25, 0.3) is 0 Å². The second-order valence-corrected chi connectivity index (χ2v) is 4.38. The van der Waals surface area contributed by atoms with Gasteiger partial charge in [-0.2, -0.15) is 0 Å². The van der Waals surface area contributed by atoms with Gasteiger partial charge in [0.2, 0.25) is 0 Å². The van der Waals surface area contributed by atoms with Crippen LogP contribution < -0.4 is 0 Å². The first-order valence-corrected chi connectivity index (χ1v) is 5.46. The van der Waals surface area contributed by atoms with E-state index in [9.17, 15) is 4.79 Å². The Morgan fingerprint density at radius 3 is 2.29 bits per heavy atom. The van der Waals surface area contributed by atoms with E-state index in [1.807, 2.05) is 31.2 Å². The molecule has 0 N–H and O–H groups in total. The van der Waals surface area contributed by atoms with Gasteiger partial charge in [-0.15, -0.1) is 11.8 Å². The third kappa shape index (κ3) is 3.38. The van der Waals surface area contributed by atoms with Gasteiger partial charge < -0.3 is 0 Å². The van der Waals surface area contributed by atoms with Crippen LogP contribution in [0, 0.1) is 0 Å². The molecule has 0 spiro atoms. The van der Waals surface area contributed by atoms with Crippen LogP contribution in [0.1, 0.15) is 24.2 Å². The largest absolute Gasteiger partial charge is 0.295 e. The van der Waals surface area contributed by atoms with Crippen molar-refractivity contribution in [2.24, 2.45) is 0 Å². The van der Waals surface area contributed by atoms with E-state index in [0.29, 0.717) is 0 Å². The van der Waals surface area contributed by atoms with Crippen LogP contribution in [-0.2, 0) is 0 Å². The van der Waals surface area contributed by atoms with Crippen molar-refractivity contribution >= 4 is 17.5 Å². The fraction of sp³-hybridized carbons (Fsp3) is 0.250. The zero-order valence-corrected chi connectivity index (χ0v) is 9.36. The first-order valence-electron chi connectivity index (χ1n) is 4.48. The van der Waals surface area contributed by atoms with E-state index in [0.717, 1.165) is 16.9 Å². The molecule has 0 saturated carbocycles. The highest BCUT2D eigenvalue weighted by Gasteiger charge is 1.99. The fourth-order valence-corrected chi connectivity index (χ4v) is 1.73. The van der Waals surface area contributed by atoms with Crippen molar-refractivity contribution in [1.29, 1.82) is 0 Å². The summed E-state index contributed by atoms with van der Waals surface area (Å²) < 4.78 is 0. The summed E-state index contributed by atoms with van der Waals surface area (Å²) >= 11 is 1.74. The molecule has 0 aliphatic rings. The van der Waals surface area contributed by atoms with Gasteiger partial charge in [-0.25, -0.2) is 0 Å². The fourth-order valence-electron chi connectivity index (χ4n) is 0.992. The van der Waals surface area contributed by atoms with Gasteiger partial charge in [-0.3, -0.25) is 4.79 Å². The molecule has 1 aromatic carbocycles. The van der Waals surface area contributed by atoms with Crippen molar-refractivity contribution < 1.29 is 4.79 Å². The van der Waals surface area contributed by atoms with Gasteiger partial charge in [0.05, 0.1) is 0 Å². The standard InChI is InChI=1S/C12H14OS/c1-9(2)8-14-12-6-4-11(5-7-12)10(3)13/h4-7H,1,8H2,2-3H3. The van der Waals surface area contributed by atoms with Gasteiger partial charge in [0, 0.05) is 16.2 Å². The molecule has 0 aromatic heterocycles. The molecule has 0 saturated heterocycles. The highest BCUT2D eigenvalue weighted by Crippen LogP contribution is 2.20. The summed E-state index contributed by atoms with van der Waals surface area (Å²) in [6, 6.07) is 7.68. The maximum absolute atomic E-state index is 11.0. The van der Waals surface area contributed by atoms with E-state index in [4.69, 9.17) is 0 Å². The van der Waals surface area contributed by atoms with Crippen LogP contribution in [0.5, 0.6) is 0 Å². The molecule has 0 bridgehead atoms. The quantitative estimate of drug-likeness (QED) is 0.425. The average Bonchev–Trinajstić information content (AvgIpc) is 2.15. The van der Waals surface area contributed by atoms with E-state index in [1.165, 1.54) is 4.90 Å². The van der Waals surface area contributed by atoms with Gasteiger partial charge in [0.1, 0.15) is 0 Å². The lowest BCUT2D eigenvalue weighted by atomic mass is 10.2. The highest BCUT2D eigenvalue weighted by molar-refractivity contribution is 7.99. The van der Waals surface area contributed by atoms with Gasteiger partial charge in [-0.1, -0.05) is 24.3 Å². The van der Waals surface area contributed by atoms with Crippen LogP contribution in [0.2, 0.25) is 0 Å². The highest BCUT2D eigenvalue weighted by atomic mass is 32.2. The van der Waals surface area contributed by atoms with Crippen LogP contribution in [0.3, 0.4) is 0 Å². The first kappa shape index (κ1) is 11.1. The number of carbonyl (C=O) groups excluding carboxylic acids is 1. The number of hydrogen-bond acceptors (Lipinski definition) is 2. The van der Waals surface area contributed by atoms with Crippen molar-refractivity contribution in [3.63, 3.8) is 0 Å². The maximum atomic E-state index is 11.0. The second kappa shape index (κ2) is 5.01. The minimum Gasteiger partial charge on any atom is -0.295 e. The molecule has 2 heteroatoms. The number of hydrogen-bond donors (Lipinski definition) is 0. The molecule has 1 aromatic rings. The zero-order valence-electron chi connectivity index (χ0n) is 8.54. The minimum atomic E-state index is 0.112. The Labute approximate surface area is 89.2 Å². The molecule has 0 unspecified atom stereocenters. The van der Waals surface area contributed by atoms with E-state index in [1.54, 1.807) is 18.7 Å². The van der Waals surface area contributed by atoms with Gasteiger partial charge in [0.25, 0.3) is 0 Å². The number of ketones is 1. The second-order valence-electron chi connectivity index (χ2n) is 3.33.